The summed E-state index contributed by atoms with van der Waals surface area (Å²) in [4.78, 5) is 19.6. The molecule has 4 nitrogen and oxygen atoms in total. The maximum atomic E-state index is 5.11. The Morgan fingerprint density at radius 3 is 1.52 bits per heavy atom. The average Bonchev–Trinajstić information content (AvgIpc) is 3.28. The second-order valence-corrected chi connectivity index (χ2v) is 14.3. The van der Waals surface area contributed by atoms with E-state index in [1.54, 1.807) is 6.20 Å². The molecule has 4 heteroatoms. The van der Waals surface area contributed by atoms with Gasteiger partial charge in [0.25, 0.3) is 0 Å². The molecule has 0 aliphatic rings. The predicted octanol–water partition coefficient (Wildman–Crippen LogP) is 13.3. The van der Waals surface area contributed by atoms with Crippen LogP contribution in [0.15, 0.2) is 194 Å². The van der Waals surface area contributed by atoms with Gasteiger partial charge in [0.15, 0.2) is 17.5 Å². The Labute approximate surface area is 323 Å². The smallest absolute Gasteiger partial charge is 0.164 e. The van der Waals surface area contributed by atoms with Crippen LogP contribution in [0.5, 0.6) is 0 Å². The van der Waals surface area contributed by atoms with Crippen molar-refractivity contribution < 1.29 is 0 Å². The molecule has 11 aromatic rings. The third-order valence-corrected chi connectivity index (χ3v) is 11.0. The summed E-state index contributed by atoms with van der Waals surface area (Å²) < 4.78 is 0. The molecule has 0 saturated carbocycles. The van der Waals surface area contributed by atoms with Crippen LogP contribution in [0.4, 0.5) is 0 Å². The minimum absolute atomic E-state index is 0.615. The predicted molar refractivity (Wildman–Crippen MR) is 231 cm³/mol. The zero-order valence-corrected chi connectivity index (χ0v) is 30.3. The van der Waals surface area contributed by atoms with Gasteiger partial charge < -0.3 is 0 Å². The number of aromatic nitrogens is 4. The fourth-order valence-electron chi connectivity index (χ4n) is 8.20. The fraction of sp³-hybridized carbons (Fsp3) is 0. The first-order valence-electron chi connectivity index (χ1n) is 18.9. The van der Waals surface area contributed by atoms with Gasteiger partial charge in [0.05, 0.1) is 0 Å². The molecule has 260 valence electrons. The monoisotopic (exact) mass is 712 g/mol. The molecule has 0 unspecified atom stereocenters. The van der Waals surface area contributed by atoms with Gasteiger partial charge in [0.2, 0.25) is 0 Å². The third kappa shape index (κ3) is 5.47. The standard InChI is InChI=1S/C52H32N4/c1-2-14-44-33(7-1)8-5-15-45(44)34-16-22-39(23-17-34)50-54-51(56-52(55-50)42-12-4-11-41(31-42)43-13-6-30-53-32-43)40-24-18-35(19-25-40)46-28-26-38-21-20-36-9-3-10-37-27-29-47(46)49(38)48(36)37/h1-32H. The minimum atomic E-state index is 0.615. The van der Waals surface area contributed by atoms with Gasteiger partial charge in [-0.15, -0.1) is 0 Å². The zero-order chi connectivity index (χ0) is 37.0. The second kappa shape index (κ2) is 13.1. The molecule has 0 aliphatic heterocycles. The van der Waals surface area contributed by atoms with Gasteiger partial charge >= 0.3 is 0 Å². The normalized spacial score (nSPS) is 11.6. The first-order chi connectivity index (χ1) is 27.7. The maximum absolute atomic E-state index is 5.11. The van der Waals surface area contributed by atoms with Gasteiger partial charge in [0, 0.05) is 34.6 Å². The van der Waals surface area contributed by atoms with Crippen molar-refractivity contribution in [2.24, 2.45) is 0 Å². The topological polar surface area (TPSA) is 51.6 Å². The number of hydrogen-bond donors (Lipinski definition) is 0. The number of benzene rings is 9. The van der Waals surface area contributed by atoms with Crippen LogP contribution in [0.1, 0.15) is 0 Å². The minimum Gasteiger partial charge on any atom is -0.264 e. The van der Waals surface area contributed by atoms with Gasteiger partial charge in [-0.3, -0.25) is 4.98 Å². The summed E-state index contributed by atoms with van der Waals surface area (Å²) in [7, 11) is 0. The average molecular weight is 713 g/mol. The number of fused-ring (bicyclic) bond motifs is 1. The summed E-state index contributed by atoms with van der Waals surface area (Å²) in [5.41, 5.74) is 9.54. The van der Waals surface area contributed by atoms with E-state index < -0.39 is 0 Å². The van der Waals surface area contributed by atoms with E-state index in [1.165, 1.54) is 54.2 Å². The van der Waals surface area contributed by atoms with Crippen molar-refractivity contribution >= 4 is 43.1 Å². The van der Waals surface area contributed by atoms with Crippen molar-refractivity contribution in [3.8, 4) is 67.5 Å². The Morgan fingerprint density at radius 2 is 0.804 bits per heavy atom. The highest BCUT2D eigenvalue weighted by Crippen LogP contribution is 2.40. The van der Waals surface area contributed by atoms with Crippen molar-refractivity contribution in [3.05, 3.63) is 194 Å². The van der Waals surface area contributed by atoms with Crippen LogP contribution in [0.3, 0.4) is 0 Å². The van der Waals surface area contributed by atoms with Gasteiger partial charge in [-0.25, -0.2) is 15.0 Å². The number of rotatable bonds is 6. The lowest BCUT2D eigenvalue weighted by Gasteiger charge is -2.14. The summed E-state index contributed by atoms with van der Waals surface area (Å²) >= 11 is 0. The second-order valence-electron chi connectivity index (χ2n) is 14.3. The van der Waals surface area contributed by atoms with E-state index in [0.717, 1.165) is 38.9 Å². The van der Waals surface area contributed by atoms with Crippen LogP contribution in [-0.4, -0.2) is 19.9 Å². The Hall–Kier alpha value is -7.56. The quantitative estimate of drug-likeness (QED) is 0.161. The lowest BCUT2D eigenvalue weighted by Crippen LogP contribution is -2.00. The van der Waals surface area contributed by atoms with Crippen molar-refractivity contribution in [2.45, 2.75) is 0 Å². The molecule has 9 aromatic carbocycles. The molecule has 0 atom stereocenters. The molecule has 2 heterocycles. The third-order valence-electron chi connectivity index (χ3n) is 11.0. The molecular formula is C52H32N4. The van der Waals surface area contributed by atoms with Crippen molar-refractivity contribution in [1.82, 2.24) is 19.9 Å². The summed E-state index contributed by atoms with van der Waals surface area (Å²) in [5.74, 6) is 1.86. The summed E-state index contributed by atoms with van der Waals surface area (Å²) in [6, 6.07) is 64.5. The Morgan fingerprint density at radius 1 is 0.286 bits per heavy atom. The van der Waals surface area contributed by atoms with E-state index in [-0.39, 0.29) is 0 Å². The van der Waals surface area contributed by atoms with Gasteiger partial charge in [0.1, 0.15) is 0 Å². The first-order valence-corrected chi connectivity index (χ1v) is 18.9. The molecule has 2 aromatic heterocycles. The van der Waals surface area contributed by atoms with E-state index in [9.17, 15) is 0 Å². The molecular weight excluding hydrogens is 681 g/mol. The van der Waals surface area contributed by atoms with Crippen molar-refractivity contribution in [3.63, 3.8) is 0 Å². The van der Waals surface area contributed by atoms with Crippen LogP contribution in [0, 0.1) is 0 Å². The Bertz CT molecular complexity index is 3210. The lowest BCUT2D eigenvalue weighted by atomic mass is 9.90. The van der Waals surface area contributed by atoms with Crippen molar-refractivity contribution in [1.29, 1.82) is 0 Å². The first kappa shape index (κ1) is 31.9. The molecule has 0 fully saturated rings. The van der Waals surface area contributed by atoms with Crippen LogP contribution < -0.4 is 0 Å². The van der Waals surface area contributed by atoms with Crippen molar-refractivity contribution in [2.75, 3.05) is 0 Å². The largest absolute Gasteiger partial charge is 0.264 e. The van der Waals surface area contributed by atoms with Crippen LogP contribution in [0.25, 0.3) is 111 Å². The highest BCUT2D eigenvalue weighted by molar-refractivity contribution is 6.25. The van der Waals surface area contributed by atoms with Crippen LogP contribution in [0.2, 0.25) is 0 Å². The molecule has 0 bridgehead atoms. The SMILES string of the molecule is c1cncc(-c2cccc(-c3nc(-c4ccc(-c5cccc6ccccc56)cc4)nc(-c4ccc(-c5ccc6ccc7cccc8ccc5c6c78)cc4)n3)c2)c1. The molecule has 0 N–H and O–H groups in total. The van der Waals surface area contributed by atoms with E-state index in [1.807, 2.05) is 18.3 Å². The van der Waals surface area contributed by atoms with Crippen LogP contribution in [-0.2, 0) is 0 Å². The van der Waals surface area contributed by atoms with Gasteiger partial charge in [-0.1, -0.05) is 170 Å². The number of pyridine rings is 1. The number of nitrogens with zero attached hydrogens (tertiary/aromatic N) is 4. The maximum Gasteiger partial charge on any atom is 0.164 e. The van der Waals surface area contributed by atoms with E-state index in [4.69, 9.17) is 15.0 Å². The fourth-order valence-corrected chi connectivity index (χ4v) is 8.20. The highest BCUT2D eigenvalue weighted by Gasteiger charge is 2.16. The summed E-state index contributed by atoms with van der Waals surface area (Å²) in [6.45, 7) is 0. The lowest BCUT2D eigenvalue weighted by molar-refractivity contribution is 1.07. The van der Waals surface area contributed by atoms with Crippen LogP contribution >= 0.6 is 0 Å². The molecule has 0 aliphatic carbocycles. The molecule has 11 rings (SSSR count). The molecule has 0 saturated heterocycles. The molecule has 0 spiro atoms. The van der Waals surface area contributed by atoms with E-state index >= 15 is 0 Å². The zero-order valence-electron chi connectivity index (χ0n) is 30.3. The van der Waals surface area contributed by atoms with Gasteiger partial charge in [-0.05, 0) is 83.0 Å². The number of hydrogen-bond acceptors (Lipinski definition) is 4. The van der Waals surface area contributed by atoms with Gasteiger partial charge in [-0.2, -0.15) is 0 Å². The van der Waals surface area contributed by atoms with E-state index in [0.29, 0.717) is 17.5 Å². The molecule has 0 radical (unpaired) electrons. The Kier molecular flexibility index (Phi) is 7.46. The highest BCUT2D eigenvalue weighted by atomic mass is 15.0. The molecule has 56 heavy (non-hydrogen) atoms. The summed E-state index contributed by atoms with van der Waals surface area (Å²) in [6.07, 6.45) is 3.67. The van der Waals surface area contributed by atoms with E-state index in [2.05, 4.69) is 175 Å². The summed E-state index contributed by atoms with van der Waals surface area (Å²) in [5, 5.41) is 10.1. The Balaban J connectivity index is 1.02. The molecule has 0 amide bonds.